The summed E-state index contributed by atoms with van der Waals surface area (Å²) in [6.07, 6.45) is 3.43. The molecule has 2 aromatic rings. The molecule has 1 amide bonds. The van der Waals surface area contributed by atoms with E-state index in [1.165, 1.54) is 12.3 Å². The van der Waals surface area contributed by atoms with Crippen molar-refractivity contribution in [1.29, 1.82) is 0 Å². The van der Waals surface area contributed by atoms with Crippen molar-refractivity contribution in [2.45, 2.75) is 19.4 Å². The number of aromatic nitrogens is 1. The van der Waals surface area contributed by atoms with Crippen molar-refractivity contribution in [2.24, 2.45) is 11.7 Å². The Kier molecular flexibility index (Phi) is 6.06. The quantitative estimate of drug-likeness (QED) is 0.838. The Balaban J connectivity index is 1.48. The molecule has 3 rings (SSSR count). The Hall–Kier alpha value is -2.18. The van der Waals surface area contributed by atoms with Crippen LogP contribution in [-0.2, 0) is 6.54 Å². The van der Waals surface area contributed by atoms with Gasteiger partial charge < -0.3 is 10.5 Å². The molecular formula is C19H21ClFN3O2. The van der Waals surface area contributed by atoms with Gasteiger partial charge in [-0.15, -0.1) is 0 Å². The maximum atomic E-state index is 13.9. The minimum atomic E-state index is -0.574. The van der Waals surface area contributed by atoms with Crippen LogP contribution in [0.25, 0.3) is 0 Å². The fourth-order valence-electron chi connectivity index (χ4n) is 3.07. The van der Waals surface area contributed by atoms with Crippen LogP contribution < -0.4 is 10.5 Å². The van der Waals surface area contributed by atoms with Crippen LogP contribution in [0.2, 0.25) is 5.02 Å². The van der Waals surface area contributed by atoms with Gasteiger partial charge in [0.25, 0.3) is 5.91 Å². The number of primary amides is 1. The molecule has 1 aromatic heterocycles. The van der Waals surface area contributed by atoms with Crippen LogP contribution >= 0.6 is 11.6 Å². The number of nitrogens with zero attached hydrogens (tertiary/aromatic N) is 2. The Bertz CT molecular complexity index is 759. The van der Waals surface area contributed by atoms with Gasteiger partial charge in [0, 0.05) is 29.4 Å². The number of hydrogen-bond donors (Lipinski definition) is 1. The Labute approximate surface area is 156 Å². The topological polar surface area (TPSA) is 68.5 Å². The lowest BCUT2D eigenvalue weighted by atomic mass is 9.97. The molecule has 5 nitrogen and oxygen atoms in total. The number of amides is 1. The number of halogens is 2. The molecule has 1 aromatic carbocycles. The second-order valence-electron chi connectivity index (χ2n) is 6.47. The second-order valence-corrected chi connectivity index (χ2v) is 6.88. The normalized spacial score (nSPS) is 15.8. The molecule has 1 aliphatic heterocycles. The van der Waals surface area contributed by atoms with Gasteiger partial charge in [0.05, 0.1) is 6.61 Å². The lowest BCUT2D eigenvalue weighted by molar-refractivity contribution is 0.0994. The standard InChI is InChI=1S/C19H21ClFN3O2/c20-16-2-1-3-17(21)15(16)11-24-8-5-13(6-9-24)12-26-14-4-7-23-18(10-14)19(22)25/h1-4,7,10,13H,5-6,8-9,11-12H2,(H2,22,25). The van der Waals surface area contributed by atoms with E-state index in [1.807, 2.05) is 0 Å². The lowest BCUT2D eigenvalue weighted by Crippen LogP contribution is -2.35. The molecule has 138 valence electrons. The highest BCUT2D eigenvalue weighted by Crippen LogP contribution is 2.25. The second kappa shape index (κ2) is 8.47. The first-order chi connectivity index (χ1) is 12.5. The third-order valence-corrected chi connectivity index (χ3v) is 4.97. The van der Waals surface area contributed by atoms with E-state index >= 15 is 0 Å². The summed E-state index contributed by atoms with van der Waals surface area (Å²) in [4.78, 5) is 17.3. The molecule has 1 fully saturated rings. The summed E-state index contributed by atoms with van der Waals surface area (Å²) in [5.41, 5.74) is 5.97. The fourth-order valence-corrected chi connectivity index (χ4v) is 3.29. The highest BCUT2D eigenvalue weighted by atomic mass is 35.5. The van der Waals surface area contributed by atoms with Crippen molar-refractivity contribution < 1.29 is 13.9 Å². The van der Waals surface area contributed by atoms with Gasteiger partial charge in [-0.05, 0) is 50.0 Å². The van der Waals surface area contributed by atoms with E-state index in [0.717, 1.165) is 25.9 Å². The molecule has 26 heavy (non-hydrogen) atoms. The van der Waals surface area contributed by atoms with Gasteiger partial charge in [-0.2, -0.15) is 0 Å². The summed E-state index contributed by atoms with van der Waals surface area (Å²) >= 11 is 6.11. The third-order valence-electron chi connectivity index (χ3n) is 4.62. The Morgan fingerprint density at radius 1 is 1.35 bits per heavy atom. The summed E-state index contributed by atoms with van der Waals surface area (Å²) in [5, 5.41) is 0.471. The Morgan fingerprint density at radius 2 is 2.12 bits per heavy atom. The van der Waals surface area contributed by atoms with Crippen molar-refractivity contribution in [2.75, 3.05) is 19.7 Å². The molecule has 1 saturated heterocycles. The average Bonchev–Trinajstić information content (AvgIpc) is 2.64. The number of hydrogen-bond acceptors (Lipinski definition) is 4. The molecule has 0 bridgehead atoms. The lowest BCUT2D eigenvalue weighted by Gasteiger charge is -2.32. The van der Waals surface area contributed by atoms with E-state index in [-0.39, 0.29) is 11.5 Å². The van der Waals surface area contributed by atoms with Crippen molar-refractivity contribution >= 4 is 17.5 Å². The van der Waals surface area contributed by atoms with Crippen LogP contribution in [0, 0.1) is 11.7 Å². The van der Waals surface area contributed by atoms with Crippen LogP contribution in [0.1, 0.15) is 28.9 Å². The maximum absolute atomic E-state index is 13.9. The van der Waals surface area contributed by atoms with Crippen molar-refractivity contribution in [3.63, 3.8) is 0 Å². The van der Waals surface area contributed by atoms with Gasteiger partial charge in [0.2, 0.25) is 0 Å². The third kappa shape index (κ3) is 4.71. The van der Waals surface area contributed by atoms with Gasteiger partial charge in [0.15, 0.2) is 0 Å². The van der Waals surface area contributed by atoms with Gasteiger partial charge >= 0.3 is 0 Å². The van der Waals surface area contributed by atoms with Crippen molar-refractivity contribution in [1.82, 2.24) is 9.88 Å². The van der Waals surface area contributed by atoms with Gasteiger partial charge in [-0.3, -0.25) is 14.7 Å². The first-order valence-electron chi connectivity index (χ1n) is 8.57. The largest absolute Gasteiger partial charge is 0.493 e. The van der Waals surface area contributed by atoms with Crippen molar-refractivity contribution in [3.8, 4) is 5.75 Å². The molecule has 1 aliphatic rings. The number of carbonyl (C=O) groups excluding carboxylic acids is 1. The monoisotopic (exact) mass is 377 g/mol. The van der Waals surface area contributed by atoms with E-state index < -0.39 is 5.91 Å². The SMILES string of the molecule is NC(=O)c1cc(OCC2CCN(Cc3c(F)cccc3Cl)CC2)ccn1. The zero-order valence-electron chi connectivity index (χ0n) is 14.3. The number of nitrogens with two attached hydrogens (primary N) is 1. The number of piperidine rings is 1. The highest BCUT2D eigenvalue weighted by molar-refractivity contribution is 6.31. The summed E-state index contributed by atoms with van der Waals surface area (Å²) in [5.74, 6) is 0.170. The number of carbonyl (C=O) groups is 1. The Morgan fingerprint density at radius 3 is 2.81 bits per heavy atom. The number of likely N-dealkylation sites (tertiary alicyclic amines) is 1. The van der Waals surface area contributed by atoms with E-state index in [4.69, 9.17) is 22.1 Å². The van der Waals surface area contributed by atoms with Gasteiger partial charge in [-0.25, -0.2) is 4.39 Å². The molecule has 0 radical (unpaired) electrons. The highest BCUT2D eigenvalue weighted by Gasteiger charge is 2.21. The number of ether oxygens (including phenoxy) is 1. The van der Waals surface area contributed by atoms with E-state index in [1.54, 1.807) is 24.3 Å². The van der Waals surface area contributed by atoms with E-state index in [9.17, 15) is 9.18 Å². The zero-order chi connectivity index (χ0) is 18.5. The summed E-state index contributed by atoms with van der Waals surface area (Å²) in [6.45, 7) is 2.81. The predicted molar refractivity (Wildman–Crippen MR) is 97.7 cm³/mol. The molecular weight excluding hydrogens is 357 g/mol. The summed E-state index contributed by atoms with van der Waals surface area (Å²) < 4.78 is 19.7. The summed E-state index contributed by atoms with van der Waals surface area (Å²) in [7, 11) is 0. The van der Waals surface area contributed by atoms with Crippen molar-refractivity contribution in [3.05, 3.63) is 58.6 Å². The molecule has 0 spiro atoms. The molecule has 2 heterocycles. The minimum absolute atomic E-state index is 0.194. The van der Waals surface area contributed by atoms with E-state index in [2.05, 4.69) is 9.88 Å². The average molecular weight is 378 g/mol. The maximum Gasteiger partial charge on any atom is 0.267 e. The van der Waals surface area contributed by atoms with Gasteiger partial charge in [0.1, 0.15) is 17.3 Å². The van der Waals surface area contributed by atoms with Crippen LogP contribution in [0.15, 0.2) is 36.5 Å². The number of rotatable bonds is 6. The molecule has 7 heteroatoms. The van der Waals surface area contributed by atoms with Crippen LogP contribution in [0.3, 0.4) is 0 Å². The van der Waals surface area contributed by atoms with Crippen LogP contribution in [-0.4, -0.2) is 35.5 Å². The predicted octanol–water partition coefficient (Wildman–Crippen LogP) is 3.26. The zero-order valence-corrected chi connectivity index (χ0v) is 15.1. The summed E-state index contributed by atoms with van der Waals surface area (Å²) in [6, 6.07) is 8.04. The first kappa shape index (κ1) is 18.6. The fraction of sp³-hybridized carbons (Fsp3) is 0.368. The smallest absolute Gasteiger partial charge is 0.267 e. The minimum Gasteiger partial charge on any atom is -0.493 e. The number of pyridine rings is 1. The molecule has 0 unspecified atom stereocenters. The molecule has 0 atom stereocenters. The van der Waals surface area contributed by atoms with Gasteiger partial charge in [-0.1, -0.05) is 17.7 Å². The van der Waals surface area contributed by atoms with E-state index in [0.29, 0.717) is 35.4 Å². The first-order valence-corrected chi connectivity index (χ1v) is 8.94. The van der Waals surface area contributed by atoms with Crippen LogP contribution in [0.4, 0.5) is 4.39 Å². The molecule has 0 saturated carbocycles. The molecule has 2 N–H and O–H groups in total. The number of benzene rings is 1. The molecule has 0 aliphatic carbocycles. The van der Waals surface area contributed by atoms with Crippen LogP contribution in [0.5, 0.6) is 5.75 Å².